The quantitative estimate of drug-likeness (QED) is 0.544. The van der Waals surface area contributed by atoms with Crippen molar-refractivity contribution in [3.05, 3.63) is 57.6 Å². The molecule has 0 bridgehead atoms. The maximum Gasteiger partial charge on any atom is 0.240 e. The second-order valence-corrected chi connectivity index (χ2v) is 11.5. The number of nitrogens with one attached hydrogen (secondary N) is 1. The number of nitrogens with zero attached hydrogens (tertiary/aromatic N) is 2. The van der Waals surface area contributed by atoms with Gasteiger partial charge in [0.05, 0.1) is 20.1 Å². The summed E-state index contributed by atoms with van der Waals surface area (Å²) in [6.45, 7) is 5.10. The summed E-state index contributed by atoms with van der Waals surface area (Å²) in [6, 6.07) is 11.0. The van der Waals surface area contributed by atoms with Gasteiger partial charge in [-0.05, 0) is 56.5 Å². The van der Waals surface area contributed by atoms with Gasteiger partial charge in [0.15, 0.2) is 0 Å². The van der Waals surface area contributed by atoms with Crippen LogP contribution in [-0.4, -0.2) is 43.8 Å². The van der Waals surface area contributed by atoms with Crippen LogP contribution in [0.1, 0.15) is 41.3 Å². The Kier molecular flexibility index (Phi) is 6.86. The van der Waals surface area contributed by atoms with Gasteiger partial charge in [0.1, 0.15) is 0 Å². The SMILES string of the molecule is Cc1ccc(S(=O)(=O)NCCC(=O)N2CCC(c3nc4cc(Cl)ccc4s3)CC2)c(C)c1. The summed E-state index contributed by atoms with van der Waals surface area (Å²) < 4.78 is 28.8. The molecule has 0 saturated carbocycles. The molecule has 0 spiro atoms. The summed E-state index contributed by atoms with van der Waals surface area (Å²) in [4.78, 5) is 19.4. The van der Waals surface area contributed by atoms with Gasteiger partial charge in [0.2, 0.25) is 15.9 Å². The van der Waals surface area contributed by atoms with Crippen molar-refractivity contribution in [1.29, 1.82) is 0 Å². The zero-order valence-corrected chi connectivity index (χ0v) is 20.5. The van der Waals surface area contributed by atoms with Crippen LogP contribution in [0.3, 0.4) is 0 Å². The average molecular weight is 492 g/mol. The second kappa shape index (κ2) is 9.47. The smallest absolute Gasteiger partial charge is 0.240 e. The van der Waals surface area contributed by atoms with Gasteiger partial charge < -0.3 is 4.90 Å². The topological polar surface area (TPSA) is 79.4 Å². The van der Waals surface area contributed by atoms with Gasteiger partial charge in [-0.15, -0.1) is 11.3 Å². The van der Waals surface area contributed by atoms with E-state index in [1.165, 1.54) is 0 Å². The number of fused-ring (bicyclic) bond motifs is 1. The standard InChI is InChI=1S/C23H26ClN3O3S2/c1-15-3-6-21(16(2)13-15)32(29,30)25-10-7-22(28)27-11-8-17(9-12-27)23-26-19-14-18(24)4-5-20(19)31-23/h3-6,13-14,17,25H,7-12H2,1-2H3. The van der Waals surface area contributed by atoms with E-state index in [4.69, 9.17) is 16.6 Å². The van der Waals surface area contributed by atoms with Gasteiger partial charge >= 0.3 is 0 Å². The lowest BCUT2D eigenvalue weighted by Gasteiger charge is -2.31. The van der Waals surface area contributed by atoms with Crippen LogP contribution < -0.4 is 4.72 Å². The van der Waals surface area contributed by atoms with Gasteiger partial charge in [-0.3, -0.25) is 4.79 Å². The van der Waals surface area contributed by atoms with E-state index in [0.717, 1.165) is 33.6 Å². The summed E-state index contributed by atoms with van der Waals surface area (Å²) in [5.74, 6) is 0.307. The highest BCUT2D eigenvalue weighted by atomic mass is 35.5. The number of amides is 1. The molecule has 0 unspecified atom stereocenters. The molecule has 0 radical (unpaired) electrons. The van der Waals surface area contributed by atoms with Gasteiger partial charge in [0.25, 0.3) is 0 Å². The first kappa shape index (κ1) is 23.2. The third-order valence-corrected chi connectivity index (χ3v) is 8.87. The van der Waals surface area contributed by atoms with Crippen molar-refractivity contribution < 1.29 is 13.2 Å². The van der Waals surface area contributed by atoms with Crippen LogP contribution in [0, 0.1) is 13.8 Å². The van der Waals surface area contributed by atoms with Gasteiger partial charge in [-0.25, -0.2) is 18.1 Å². The number of piperidine rings is 1. The first-order chi connectivity index (χ1) is 15.2. The molecule has 1 fully saturated rings. The summed E-state index contributed by atoms with van der Waals surface area (Å²) >= 11 is 7.75. The predicted octanol–water partition coefficient (Wildman–Crippen LogP) is 4.64. The number of aryl methyl sites for hydroxylation is 2. The number of hydrogen-bond donors (Lipinski definition) is 1. The Morgan fingerprint density at radius 2 is 1.94 bits per heavy atom. The van der Waals surface area contributed by atoms with Crippen LogP contribution in [0.4, 0.5) is 0 Å². The number of halogens is 1. The van der Waals surface area contributed by atoms with E-state index >= 15 is 0 Å². The third kappa shape index (κ3) is 5.14. The number of rotatable bonds is 6. The van der Waals surface area contributed by atoms with Crippen LogP contribution >= 0.6 is 22.9 Å². The summed E-state index contributed by atoms with van der Waals surface area (Å²) in [5.41, 5.74) is 2.63. The van der Waals surface area contributed by atoms with Crippen molar-refractivity contribution in [2.45, 2.75) is 43.9 Å². The predicted molar refractivity (Wildman–Crippen MR) is 129 cm³/mol. The Hall–Kier alpha value is -2.00. The molecule has 9 heteroatoms. The molecule has 170 valence electrons. The maximum absolute atomic E-state index is 12.6. The van der Waals surface area contributed by atoms with Gasteiger partial charge in [0, 0.05) is 37.0 Å². The molecule has 0 aliphatic carbocycles. The summed E-state index contributed by atoms with van der Waals surface area (Å²) in [7, 11) is -3.63. The zero-order chi connectivity index (χ0) is 22.9. The minimum atomic E-state index is -3.63. The molecular formula is C23H26ClN3O3S2. The minimum absolute atomic E-state index is 0.0251. The fourth-order valence-corrected chi connectivity index (χ4v) is 6.64. The molecule has 1 N–H and O–H groups in total. The molecule has 1 saturated heterocycles. The van der Waals surface area contributed by atoms with Crippen molar-refractivity contribution >= 4 is 49.1 Å². The maximum atomic E-state index is 12.6. The number of carbonyl (C=O) groups excluding carboxylic acids is 1. The fourth-order valence-electron chi connectivity index (χ4n) is 4.10. The molecule has 0 atom stereocenters. The second-order valence-electron chi connectivity index (χ2n) is 8.24. The molecule has 1 aliphatic rings. The number of hydrogen-bond acceptors (Lipinski definition) is 5. The van der Waals surface area contributed by atoms with E-state index in [1.54, 1.807) is 30.4 Å². The largest absolute Gasteiger partial charge is 0.343 e. The number of carbonyl (C=O) groups is 1. The lowest BCUT2D eigenvalue weighted by Crippen LogP contribution is -2.39. The molecule has 6 nitrogen and oxygen atoms in total. The highest BCUT2D eigenvalue weighted by Gasteiger charge is 2.26. The van der Waals surface area contributed by atoms with Crippen molar-refractivity contribution in [3.63, 3.8) is 0 Å². The Morgan fingerprint density at radius 1 is 1.19 bits per heavy atom. The van der Waals surface area contributed by atoms with Crippen LogP contribution in [-0.2, 0) is 14.8 Å². The summed E-state index contributed by atoms with van der Waals surface area (Å²) in [5, 5.41) is 1.78. The molecule has 1 amide bonds. The number of thiazole rings is 1. The molecular weight excluding hydrogens is 466 g/mol. The Labute approximate surface area is 197 Å². The van der Waals surface area contributed by atoms with E-state index in [9.17, 15) is 13.2 Å². The van der Waals surface area contributed by atoms with E-state index in [-0.39, 0.29) is 23.8 Å². The first-order valence-corrected chi connectivity index (χ1v) is 13.3. The molecule has 32 heavy (non-hydrogen) atoms. The van der Waals surface area contributed by atoms with E-state index < -0.39 is 10.0 Å². The van der Waals surface area contributed by atoms with Crippen LogP contribution in [0.25, 0.3) is 10.2 Å². The first-order valence-electron chi connectivity index (χ1n) is 10.6. The van der Waals surface area contributed by atoms with Crippen molar-refractivity contribution in [2.75, 3.05) is 19.6 Å². The monoisotopic (exact) mass is 491 g/mol. The van der Waals surface area contributed by atoms with Crippen LogP contribution in [0.5, 0.6) is 0 Å². The number of benzene rings is 2. The Balaban J connectivity index is 1.29. The number of aromatic nitrogens is 1. The number of sulfonamides is 1. The molecule has 4 rings (SSSR count). The highest BCUT2D eigenvalue weighted by molar-refractivity contribution is 7.89. The lowest BCUT2D eigenvalue weighted by molar-refractivity contribution is -0.132. The fraction of sp³-hybridized carbons (Fsp3) is 0.391. The molecule has 2 aromatic carbocycles. The van der Waals surface area contributed by atoms with E-state index in [1.807, 2.05) is 36.1 Å². The van der Waals surface area contributed by atoms with Crippen LogP contribution in [0.2, 0.25) is 5.02 Å². The van der Waals surface area contributed by atoms with E-state index in [0.29, 0.717) is 29.6 Å². The molecule has 2 heterocycles. The zero-order valence-electron chi connectivity index (χ0n) is 18.1. The lowest BCUT2D eigenvalue weighted by atomic mass is 9.97. The Bertz CT molecular complexity index is 1250. The number of likely N-dealkylation sites (tertiary alicyclic amines) is 1. The van der Waals surface area contributed by atoms with Crippen molar-refractivity contribution in [1.82, 2.24) is 14.6 Å². The van der Waals surface area contributed by atoms with Crippen LogP contribution in [0.15, 0.2) is 41.3 Å². The van der Waals surface area contributed by atoms with Crippen molar-refractivity contribution in [3.8, 4) is 0 Å². The molecule has 1 aliphatic heterocycles. The normalized spacial score (nSPS) is 15.4. The molecule has 1 aromatic heterocycles. The van der Waals surface area contributed by atoms with Gasteiger partial charge in [-0.1, -0.05) is 29.3 Å². The average Bonchev–Trinajstić information content (AvgIpc) is 3.16. The minimum Gasteiger partial charge on any atom is -0.343 e. The van der Waals surface area contributed by atoms with Gasteiger partial charge in [-0.2, -0.15) is 0 Å². The summed E-state index contributed by atoms with van der Waals surface area (Å²) in [6.07, 6.45) is 1.86. The highest BCUT2D eigenvalue weighted by Crippen LogP contribution is 2.34. The Morgan fingerprint density at radius 3 is 2.66 bits per heavy atom. The van der Waals surface area contributed by atoms with Crippen molar-refractivity contribution in [2.24, 2.45) is 0 Å². The third-order valence-electron chi connectivity index (χ3n) is 5.81. The van der Waals surface area contributed by atoms with E-state index in [2.05, 4.69) is 4.72 Å². The molecule has 3 aromatic rings.